The monoisotopic (exact) mass is 223 g/mol. The van der Waals surface area contributed by atoms with E-state index in [1.54, 1.807) is 6.07 Å². The third-order valence-corrected chi connectivity index (χ3v) is 2.97. The molecule has 0 aliphatic rings. The van der Waals surface area contributed by atoms with Gasteiger partial charge in [-0.05, 0) is 37.3 Å². The van der Waals surface area contributed by atoms with Gasteiger partial charge in [-0.1, -0.05) is 23.8 Å². The number of benzene rings is 2. The van der Waals surface area contributed by atoms with E-state index in [0.717, 1.165) is 16.8 Å². The number of aromatic hydroxyl groups is 1. The topological polar surface area (TPSA) is 36.0 Å². The van der Waals surface area contributed by atoms with Crippen molar-refractivity contribution in [1.82, 2.24) is 4.98 Å². The first-order valence-corrected chi connectivity index (χ1v) is 5.62. The fourth-order valence-corrected chi connectivity index (χ4v) is 2.10. The molecule has 0 aliphatic heterocycles. The predicted octanol–water partition coefficient (Wildman–Crippen LogP) is 3.85. The Morgan fingerprint density at radius 3 is 2.65 bits per heavy atom. The molecule has 0 atom stereocenters. The van der Waals surface area contributed by atoms with Crippen molar-refractivity contribution in [3.05, 3.63) is 54.1 Å². The van der Waals surface area contributed by atoms with Crippen molar-refractivity contribution < 1.29 is 5.11 Å². The molecule has 0 bridgehead atoms. The fraction of sp³-hybridized carbons (Fsp3) is 0.0667. The molecule has 0 saturated heterocycles. The maximum absolute atomic E-state index is 9.82. The molecule has 0 radical (unpaired) electrons. The van der Waals surface area contributed by atoms with Gasteiger partial charge in [0.1, 0.15) is 5.75 Å². The highest BCUT2D eigenvalue weighted by Gasteiger charge is 2.06. The molecule has 3 rings (SSSR count). The number of fused-ring (bicyclic) bond motifs is 1. The zero-order valence-corrected chi connectivity index (χ0v) is 9.57. The van der Waals surface area contributed by atoms with Gasteiger partial charge in [-0.25, -0.2) is 0 Å². The van der Waals surface area contributed by atoms with Crippen LogP contribution < -0.4 is 0 Å². The standard InChI is InChI=1S/C15H13NO/c1-10-6-7-13-11(8-10)9-14(16-13)12-4-2-3-5-15(12)17/h2-9,16-17H,1H3. The largest absolute Gasteiger partial charge is 0.507 e. The van der Waals surface area contributed by atoms with Crippen LogP contribution in [0, 0.1) is 6.92 Å². The number of hydrogen-bond donors (Lipinski definition) is 2. The zero-order valence-electron chi connectivity index (χ0n) is 9.57. The molecule has 17 heavy (non-hydrogen) atoms. The molecule has 1 heterocycles. The minimum atomic E-state index is 0.302. The highest BCUT2D eigenvalue weighted by molar-refractivity contribution is 5.87. The Bertz CT molecular complexity index is 682. The van der Waals surface area contributed by atoms with Crippen LogP contribution in [0.1, 0.15) is 5.56 Å². The molecule has 84 valence electrons. The van der Waals surface area contributed by atoms with Crippen molar-refractivity contribution in [2.24, 2.45) is 0 Å². The normalized spacial score (nSPS) is 10.9. The summed E-state index contributed by atoms with van der Waals surface area (Å²) in [7, 11) is 0. The van der Waals surface area contributed by atoms with Crippen molar-refractivity contribution in [1.29, 1.82) is 0 Å². The summed E-state index contributed by atoms with van der Waals surface area (Å²) < 4.78 is 0. The lowest BCUT2D eigenvalue weighted by atomic mass is 10.1. The van der Waals surface area contributed by atoms with Gasteiger partial charge in [0.05, 0.1) is 5.69 Å². The Labute approximate surface area is 99.5 Å². The van der Waals surface area contributed by atoms with Crippen LogP contribution in [-0.4, -0.2) is 10.1 Å². The first-order chi connectivity index (χ1) is 8.24. The third-order valence-electron chi connectivity index (χ3n) is 2.97. The number of hydrogen-bond acceptors (Lipinski definition) is 1. The Hall–Kier alpha value is -2.22. The van der Waals surface area contributed by atoms with Crippen molar-refractivity contribution in [2.45, 2.75) is 6.92 Å². The maximum Gasteiger partial charge on any atom is 0.124 e. The summed E-state index contributed by atoms with van der Waals surface area (Å²) in [6.07, 6.45) is 0. The first-order valence-electron chi connectivity index (χ1n) is 5.62. The maximum atomic E-state index is 9.82. The smallest absolute Gasteiger partial charge is 0.124 e. The quantitative estimate of drug-likeness (QED) is 0.645. The van der Waals surface area contributed by atoms with Crippen LogP contribution in [0.25, 0.3) is 22.2 Å². The van der Waals surface area contributed by atoms with E-state index in [-0.39, 0.29) is 0 Å². The highest BCUT2D eigenvalue weighted by Crippen LogP contribution is 2.30. The molecule has 3 aromatic rings. The molecule has 0 spiro atoms. The molecular formula is C15H13NO. The van der Waals surface area contributed by atoms with E-state index >= 15 is 0 Å². The van der Waals surface area contributed by atoms with Crippen molar-refractivity contribution in [3.63, 3.8) is 0 Å². The van der Waals surface area contributed by atoms with Crippen LogP contribution in [-0.2, 0) is 0 Å². The van der Waals surface area contributed by atoms with Gasteiger partial charge < -0.3 is 10.1 Å². The minimum Gasteiger partial charge on any atom is -0.507 e. The molecule has 0 amide bonds. The number of aromatic nitrogens is 1. The van der Waals surface area contributed by atoms with Crippen LogP contribution in [0.5, 0.6) is 5.75 Å². The molecule has 2 heteroatoms. The number of nitrogens with one attached hydrogen (secondary N) is 1. The Morgan fingerprint density at radius 2 is 1.82 bits per heavy atom. The molecule has 2 nitrogen and oxygen atoms in total. The second kappa shape index (κ2) is 3.67. The molecule has 0 saturated carbocycles. The number of phenols is 1. The van der Waals surface area contributed by atoms with Gasteiger partial charge in [0, 0.05) is 16.5 Å². The number of phenolic OH excluding ortho intramolecular Hbond substituents is 1. The van der Waals surface area contributed by atoms with E-state index < -0.39 is 0 Å². The second-order valence-electron chi connectivity index (χ2n) is 4.29. The Balaban J connectivity index is 2.22. The van der Waals surface area contributed by atoms with Crippen molar-refractivity contribution in [3.8, 4) is 17.0 Å². The first kappa shape index (κ1) is 9.97. The molecule has 2 aromatic carbocycles. The number of para-hydroxylation sites is 1. The van der Waals surface area contributed by atoms with Crippen LogP contribution in [0.2, 0.25) is 0 Å². The van der Waals surface area contributed by atoms with Gasteiger partial charge in [0.2, 0.25) is 0 Å². The number of H-pyrrole nitrogens is 1. The molecule has 0 unspecified atom stereocenters. The number of aromatic amines is 1. The van der Waals surface area contributed by atoms with Crippen molar-refractivity contribution >= 4 is 10.9 Å². The lowest BCUT2D eigenvalue weighted by Crippen LogP contribution is -1.77. The third kappa shape index (κ3) is 1.68. The summed E-state index contributed by atoms with van der Waals surface area (Å²) in [6, 6.07) is 15.7. The molecule has 0 aliphatic carbocycles. The molecular weight excluding hydrogens is 210 g/mol. The number of rotatable bonds is 1. The summed E-state index contributed by atoms with van der Waals surface area (Å²) in [6.45, 7) is 2.08. The molecule has 1 aromatic heterocycles. The van der Waals surface area contributed by atoms with Crippen LogP contribution in [0.4, 0.5) is 0 Å². The van der Waals surface area contributed by atoms with Gasteiger partial charge in [-0.3, -0.25) is 0 Å². The van der Waals surface area contributed by atoms with Gasteiger partial charge in [0.15, 0.2) is 0 Å². The van der Waals surface area contributed by atoms with Crippen LogP contribution >= 0.6 is 0 Å². The molecule has 0 fully saturated rings. The lowest BCUT2D eigenvalue weighted by molar-refractivity contribution is 0.477. The van der Waals surface area contributed by atoms with Gasteiger partial charge in [-0.15, -0.1) is 0 Å². The minimum absolute atomic E-state index is 0.302. The summed E-state index contributed by atoms with van der Waals surface area (Å²) in [5.74, 6) is 0.302. The van der Waals surface area contributed by atoms with E-state index in [0.29, 0.717) is 5.75 Å². The van der Waals surface area contributed by atoms with Gasteiger partial charge in [0.25, 0.3) is 0 Å². The SMILES string of the molecule is Cc1ccc2[nH]c(-c3ccccc3O)cc2c1. The van der Waals surface area contributed by atoms with Gasteiger partial charge in [-0.2, -0.15) is 0 Å². The van der Waals surface area contributed by atoms with E-state index in [4.69, 9.17) is 0 Å². The van der Waals surface area contributed by atoms with E-state index in [1.165, 1.54) is 10.9 Å². The Morgan fingerprint density at radius 1 is 1.00 bits per heavy atom. The summed E-state index contributed by atoms with van der Waals surface area (Å²) in [5, 5.41) is 11.0. The second-order valence-corrected chi connectivity index (χ2v) is 4.29. The average Bonchev–Trinajstić information content (AvgIpc) is 2.72. The Kier molecular flexibility index (Phi) is 2.15. The predicted molar refractivity (Wildman–Crippen MR) is 70.1 cm³/mol. The number of aryl methyl sites for hydroxylation is 1. The lowest BCUT2D eigenvalue weighted by Gasteiger charge is -2.00. The van der Waals surface area contributed by atoms with E-state index in [9.17, 15) is 5.11 Å². The van der Waals surface area contributed by atoms with Crippen molar-refractivity contribution in [2.75, 3.05) is 0 Å². The van der Waals surface area contributed by atoms with E-state index in [2.05, 4.69) is 36.2 Å². The molecule has 2 N–H and O–H groups in total. The summed E-state index contributed by atoms with van der Waals surface area (Å²) in [4.78, 5) is 3.32. The zero-order chi connectivity index (χ0) is 11.8. The fourth-order valence-electron chi connectivity index (χ4n) is 2.10. The average molecular weight is 223 g/mol. The van der Waals surface area contributed by atoms with E-state index in [1.807, 2.05) is 18.2 Å². The van der Waals surface area contributed by atoms with Crippen LogP contribution in [0.15, 0.2) is 48.5 Å². The summed E-state index contributed by atoms with van der Waals surface area (Å²) >= 11 is 0. The van der Waals surface area contributed by atoms with Crippen LogP contribution in [0.3, 0.4) is 0 Å². The summed E-state index contributed by atoms with van der Waals surface area (Å²) in [5.41, 5.74) is 4.11. The highest BCUT2D eigenvalue weighted by atomic mass is 16.3. The van der Waals surface area contributed by atoms with Gasteiger partial charge >= 0.3 is 0 Å².